The summed E-state index contributed by atoms with van der Waals surface area (Å²) < 4.78 is 0. The summed E-state index contributed by atoms with van der Waals surface area (Å²) in [4.78, 5) is 2.41. The summed E-state index contributed by atoms with van der Waals surface area (Å²) in [5.74, 6) is 0. The van der Waals surface area contributed by atoms with Crippen LogP contribution in [0.4, 0.5) is 0 Å². The van der Waals surface area contributed by atoms with Crippen LogP contribution in [-0.4, -0.2) is 15.7 Å². The molecule has 1 aromatic heterocycles. The van der Waals surface area contributed by atoms with Gasteiger partial charge in [0.2, 0.25) is 0 Å². The molecule has 9 heavy (non-hydrogen) atoms. The third-order valence-electron chi connectivity index (χ3n) is 1.12. The van der Waals surface area contributed by atoms with Crippen LogP contribution in [0.1, 0.15) is 9.75 Å². The molecule has 0 nitrogen and oxygen atoms in total. The molecule has 42 valence electrons. The summed E-state index contributed by atoms with van der Waals surface area (Å²) in [6, 6.07) is 4.04. The molecule has 4 radical (unpaired) electrons. The maximum Gasteiger partial charge on any atom is 0.0727 e. The Hall–Kier alpha value is -0.170. The van der Waals surface area contributed by atoms with E-state index in [1.54, 1.807) is 11.3 Å². The Balaban J connectivity index is 2.74. The third-order valence-corrected chi connectivity index (χ3v) is 2.25. The molecule has 0 N–H and O–H groups in total. The van der Waals surface area contributed by atoms with E-state index in [1.165, 1.54) is 9.75 Å². The molecule has 0 amide bonds. The summed E-state index contributed by atoms with van der Waals surface area (Å²) in [5, 5.41) is 0. The second-order valence-electron chi connectivity index (χ2n) is 1.78. The van der Waals surface area contributed by atoms with Gasteiger partial charge in [-0.15, -0.1) is 11.3 Å². The largest absolute Gasteiger partial charge is 0.147 e. The Bertz CT molecular complexity index is 164. The van der Waals surface area contributed by atoms with Gasteiger partial charge in [0.15, 0.2) is 0 Å². The minimum atomic E-state index is 0.630. The molecule has 1 rings (SSSR count). The molecular formula is C6H6B2S. The number of hydrogen-bond donors (Lipinski definition) is 0. The summed E-state index contributed by atoms with van der Waals surface area (Å²) in [5.41, 5.74) is 0. The van der Waals surface area contributed by atoms with Gasteiger partial charge in [0.05, 0.1) is 15.7 Å². The Kier molecular flexibility index (Phi) is 2.40. The second kappa shape index (κ2) is 3.11. The third kappa shape index (κ3) is 1.62. The van der Waals surface area contributed by atoms with Gasteiger partial charge in [-0.2, -0.15) is 0 Å². The zero-order valence-corrected chi connectivity index (χ0v) is 5.95. The van der Waals surface area contributed by atoms with Crippen LogP contribution in [0.3, 0.4) is 0 Å². The van der Waals surface area contributed by atoms with Crippen molar-refractivity contribution in [3.63, 3.8) is 0 Å². The maximum absolute atomic E-state index is 5.39. The average Bonchev–Trinajstić information content (AvgIpc) is 2.34. The normalized spacial score (nSPS) is 9.78. The summed E-state index contributed by atoms with van der Waals surface area (Å²) in [6.45, 7) is 0. The Morgan fingerprint density at radius 1 is 1.11 bits per heavy atom. The van der Waals surface area contributed by atoms with Gasteiger partial charge in [-0.05, 0) is 21.9 Å². The molecule has 0 aliphatic rings. The van der Waals surface area contributed by atoms with Crippen LogP contribution in [0.25, 0.3) is 0 Å². The van der Waals surface area contributed by atoms with Crippen molar-refractivity contribution in [3.8, 4) is 0 Å². The van der Waals surface area contributed by atoms with Gasteiger partial charge < -0.3 is 0 Å². The molecule has 0 aliphatic carbocycles. The molecule has 0 saturated heterocycles. The molecule has 0 unspecified atom stereocenters. The Morgan fingerprint density at radius 3 is 1.78 bits per heavy atom. The molecule has 0 spiro atoms. The first-order valence-electron chi connectivity index (χ1n) is 2.84. The van der Waals surface area contributed by atoms with E-state index in [4.69, 9.17) is 15.7 Å². The molecule has 0 atom stereocenters. The van der Waals surface area contributed by atoms with Crippen LogP contribution in [0.5, 0.6) is 0 Å². The van der Waals surface area contributed by atoms with Crippen molar-refractivity contribution in [1.29, 1.82) is 0 Å². The van der Waals surface area contributed by atoms with Crippen LogP contribution < -0.4 is 0 Å². The molecule has 1 heterocycles. The van der Waals surface area contributed by atoms with Crippen molar-refractivity contribution in [2.45, 2.75) is 12.6 Å². The monoisotopic (exact) mass is 132 g/mol. The fourth-order valence-electron chi connectivity index (χ4n) is 0.642. The lowest BCUT2D eigenvalue weighted by Gasteiger charge is -1.84. The zero-order valence-electron chi connectivity index (χ0n) is 5.13. The van der Waals surface area contributed by atoms with Crippen molar-refractivity contribution >= 4 is 27.0 Å². The fraction of sp³-hybridized carbons (Fsp3) is 0.333. The van der Waals surface area contributed by atoms with Crippen molar-refractivity contribution in [2.75, 3.05) is 0 Å². The Morgan fingerprint density at radius 2 is 1.56 bits per heavy atom. The quantitative estimate of drug-likeness (QED) is 0.528. The van der Waals surface area contributed by atoms with Gasteiger partial charge in [0.25, 0.3) is 0 Å². The molecule has 0 fully saturated rings. The molecule has 3 heteroatoms. The first-order chi connectivity index (χ1) is 4.36. The highest BCUT2D eigenvalue weighted by Crippen LogP contribution is 2.15. The number of thiophene rings is 1. The van der Waals surface area contributed by atoms with Crippen LogP contribution in [0, 0.1) is 0 Å². The highest BCUT2D eigenvalue weighted by atomic mass is 32.1. The van der Waals surface area contributed by atoms with Gasteiger partial charge in [-0.1, -0.05) is 12.6 Å². The van der Waals surface area contributed by atoms with E-state index < -0.39 is 0 Å². The van der Waals surface area contributed by atoms with Crippen molar-refractivity contribution in [2.24, 2.45) is 0 Å². The van der Waals surface area contributed by atoms with E-state index in [9.17, 15) is 0 Å². The average molecular weight is 132 g/mol. The lowest BCUT2D eigenvalue weighted by molar-refractivity contribution is 1.51. The second-order valence-corrected chi connectivity index (χ2v) is 3.03. The SMILES string of the molecule is [B]Cc1ccc(C[B])s1. The lowest BCUT2D eigenvalue weighted by Crippen LogP contribution is -1.73. The van der Waals surface area contributed by atoms with Gasteiger partial charge in [0.1, 0.15) is 0 Å². The van der Waals surface area contributed by atoms with Gasteiger partial charge >= 0.3 is 0 Å². The first kappa shape index (κ1) is 6.94. The minimum Gasteiger partial charge on any atom is -0.147 e. The standard InChI is InChI=1S/C6H6B2S/c7-3-5-1-2-6(4-8)9-5/h1-2H,3-4H2. The Labute approximate surface area is 62.1 Å². The number of hydrogen-bond acceptors (Lipinski definition) is 1. The summed E-state index contributed by atoms with van der Waals surface area (Å²) in [6.07, 6.45) is 1.26. The van der Waals surface area contributed by atoms with E-state index in [-0.39, 0.29) is 0 Å². The molecule has 1 aromatic rings. The topological polar surface area (TPSA) is 0 Å². The van der Waals surface area contributed by atoms with Gasteiger partial charge in [-0.3, -0.25) is 0 Å². The zero-order chi connectivity index (χ0) is 6.69. The van der Waals surface area contributed by atoms with Gasteiger partial charge in [-0.25, -0.2) is 0 Å². The van der Waals surface area contributed by atoms with Crippen molar-refractivity contribution in [1.82, 2.24) is 0 Å². The molecular weight excluding hydrogens is 126 g/mol. The molecule has 0 saturated carbocycles. The molecule has 0 aliphatic heterocycles. The predicted molar refractivity (Wildman–Crippen MR) is 43.2 cm³/mol. The van der Waals surface area contributed by atoms with Crippen LogP contribution >= 0.6 is 11.3 Å². The first-order valence-corrected chi connectivity index (χ1v) is 3.66. The predicted octanol–water partition coefficient (Wildman–Crippen LogP) is 1.09. The fourth-order valence-corrected chi connectivity index (χ4v) is 1.42. The summed E-state index contributed by atoms with van der Waals surface area (Å²) >= 11 is 1.68. The van der Waals surface area contributed by atoms with E-state index in [2.05, 4.69) is 0 Å². The van der Waals surface area contributed by atoms with E-state index >= 15 is 0 Å². The smallest absolute Gasteiger partial charge is 0.0727 e. The van der Waals surface area contributed by atoms with Crippen LogP contribution in [0.15, 0.2) is 12.1 Å². The maximum atomic E-state index is 5.39. The minimum absolute atomic E-state index is 0.630. The highest BCUT2D eigenvalue weighted by molar-refractivity contribution is 7.12. The van der Waals surface area contributed by atoms with Crippen LogP contribution in [0.2, 0.25) is 0 Å². The molecule has 0 bridgehead atoms. The van der Waals surface area contributed by atoms with E-state index in [0.29, 0.717) is 12.6 Å². The molecule has 0 aromatic carbocycles. The van der Waals surface area contributed by atoms with Crippen molar-refractivity contribution < 1.29 is 0 Å². The highest BCUT2D eigenvalue weighted by Gasteiger charge is 1.92. The van der Waals surface area contributed by atoms with Crippen LogP contribution in [-0.2, 0) is 12.6 Å². The lowest BCUT2D eigenvalue weighted by atomic mass is 10.0. The summed E-state index contributed by atoms with van der Waals surface area (Å²) in [7, 11) is 10.8. The van der Waals surface area contributed by atoms with E-state index in [0.717, 1.165) is 0 Å². The van der Waals surface area contributed by atoms with Crippen molar-refractivity contribution in [3.05, 3.63) is 21.9 Å². The van der Waals surface area contributed by atoms with Gasteiger partial charge in [0, 0.05) is 0 Å². The number of rotatable bonds is 2. The van der Waals surface area contributed by atoms with E-state index in [1.807, 2.05) is 12.1 Å².